The summed E-state index contributed by atoms with van der Waals surface area (Å²) < 4.78 is 2.08. The molecule has 5 rings (SSSR count). The van der Waals surface area contributed by atoms with Gasteiger partial charge in [-0.3, -0.25) is 14.5 Å². The molecule has 3 aromatic rings. The molecule has 2 aliphatic heterocycles. The average molecular weight is 558 g/mol. The summed E-state index contributed by atoms with van der Waals surface area (Å²) in [4.78, 5) is 49.2. The Balaban J connectivity index is 1.32. The normalized spacial score (nSPS) is 19.8. The van der Waals surface area contributed by atoms with Crippen molar-refractivity contribution in [1.82, 2.24) is 15.2 Å². The van der Waals surface area contributed by atoms with E-state index in [4.69, 9.17) is 10.6 Å². The maximum atomic E-state index is 13.0. The number of anilines is 1. The fraction of sp³-hybridized carbons (Fsp3) is 0.217. The monoisotopic (exact) mass is 557 g/mol. The molecule has 2 amide bonds. The number of nitrogens with two attached hydrogens (primary N) is 1. The maximum Gasteiger partial charge on any atom is 0.352 e. The number of carboxylic acid groups (broad SMARTS) is 1. The first-order valence-electron chi connectivity index (χ1n) is 11.0. The van der Waals surface area contributed by atoms with E-state index in [9.17, 15) is 19.5 Å². The van der Waals surface area contributed by atoms with Crippen molar-refractivity contribution in [2.75, 3.05) is 18.6 Å². The lowest BCUT2D eigenvalue weighted by Crippen LogP contribution is -2.71. The number of carbonyl (C=O) groups excluding carboxylic acids is 2. The number of thiazole rings is 1. The fourth-order valence-electron chi connectivity index (χ4n) is 4.11. The molecule has 2 atom stereocenters. The van der Waals surface area contributed by atoms with Crippen LogP contribution in [0, 0.1) is 0 Å². The first-order chi connectivity index (χ1) is 17.9. The number of β-lactam (4-membered cyclic amide) rings is 1. The molecule has 0 spiro atoms. The van der Waals surface area contributed by atoms with Crippen LogP contribution < -0.4 is 15.6 Å². The molecule has 0 bridgehead atoms. The van der Waals surface area contributed by atoms with Gasteiger partial charge < -0.3 is 21.0 Å². The first-order valence-corrected chi connectivity index (χ1v) is 13.8. The van der Waals surface area contributed by atoms with Crippen molar-refractivity contribution >= 4 is 73.3 Å². The van der Waals surface area contributed by atoms with Crippen LogP contribution in [0.5, 0.6) is 0 Å². The van der Waals surface area contributed by atoms with Crippen molar-refractivity contribution in [3.05, 3.63) is 64.3 Å². The average Bonchev–Trinajstić information content (AvgIpc) is 3.54. The summed E-state index contributed by atoms with van der Waals surface area (Å²) in [5, 5.41) is 20.7. The largest absolute Gasteiger partial charge is 0.477 e. The number of nitrogens with zero attached hydrogens (tertiary/aromatic N) is 4. The van der Waals surface area contributed by atoms with Crippen LogP contribution in [0.25, 0.3) is 10.2 Å². The Labute approximate surface area is 222 Å². The Kier molecular flexibility index (Phi) is 6.95. The number of thioether (sulfide) groups is 1. The molecule has 11 nitrogen and oxygen atoms in total. The standard InChI is InChI=1S/C23H20N6O5S3/c1-34-27-15(14-11-37-23(24)25-14)18(30)26-16-19(31)29-17(22(32)33)13(10-36-21(16)29)5-3-8-28-7-2-4-12-6-9-35-20(12)28/h2-7,9,11,16,21H,8,10H2,1H3,(H3-,24,25,26,30,32,33)/p+1/b5-3+,27-15-/t16-,21-/m1/s1. The molecule has 190 valence electrons. The van der Waals surface area contributed by atoms with Gasteiger partial charge in [-0.15, -0.1) is 23.1 Å². The van der Waals surface area contributed by atoms with Crippen molar-refractivity contribution in [2.24, 2.45) is 5.16 Å². The van der Waals surface area contributed by atoms with Gasteiger partial charge >= 0.3 is 5.97 Å². The highest BCUT2D eigenvalue weighted by Crippen LogP contribution is 2.40. The Morgan fingerprint density at radius 1 is 1.41 bits per heavy atom. The number of nitrogens with one attached hydrogen (secondary N) is 1. The van der Waals surface area contributed by atoms with E-state index in [1.54, 1.807) is 22.8 Å². The lowest BCUT2D eigenvalue weighted by atomic mass is 10.0. The molecule has 1 saturated heterocycles. The van der Waals surface area contributed by atoms with Crippen LogP contribution in [-0.4, -0.2) is 62.8 Å². The third-order valence-electron chi connectivity index (χ3n) is 5.75. The number of carbonyl (C=O) groups is 3. The molecular weight excluding hydrogens is 536 g/mol. The van der Waals surface area contributed by atoms with E-state index in [1.165, 1.54) is 23.8 Å². The molecule has 0 saturated carbocycles. The van der Waals surface area contributed by atoms with Crippen molar-refractivity contribution < 1.29 is 28.9 Å². The number of hydrogen-bond donors (Lipinski definition) is 3. The van der Waals surface area contributed by atoms with Crippen LogP contribution in [-0.2, 0) is 25.8 Å². The third kappa shape index (κ3) is 4.70. The van der Waals surface area contributed by atoms with Crippen LogP contribution in [0.4, 0.5) is 5.13 Å². The highest BCUT2D eigenvalue weighted by molar-refractivity contribution is 8.00. The molecule has 4 N–H and O–H groups in total. The van der Waals surface area contributed by atoms with Gasteiger partial charge in [-0.2, -0.15) is 4.57 Å². The number of fused-ring (bicyclic) bond motifs is 2. The molecule has 0 aliphatic carbocycles. The lowest BCUT2D eigenvalue weighted by molar-refractivity contribution is -0.658. The molecule has 14 heteroatoms. The molecule has 2 aliphatic rings. The number of amides is 2. The second-order valence-electron chi connectivity index (χ2n) is 7.98. The van der Waals surface area contributed by atoms with Gasteiger partial charge in [-0.05, 0) is 29.2 Å². The summed E-state index contributed by atoms with van der Waals surface area (Å²) in [5.74, 6) is -2.01. The number of carboxylic acids is 1. The Bertz CT molecular complexity index is 1490. The van der Waals surface area contributed by atoms with Crippen molar-refractivity contribution in [3.8, 4) is 0 Å². The van der Waals surface area contributed by atoms with E-state index in [2.05, 4.69) is 20.0 Å². The summed E-state index contributed by atoms with van der Waals surface area (Å²) in [6.07, 6.45) is 5.60. The highest BCUT2D eigenvalue weighted by Gasteiger charge is 2.54. The number of rotatable bonds is 8. The number of aromatic nitrogens is 2. The molecule has 5 heterocycles. The van der Waals surface area contributed by atoms with E-state index in [1.807, 2.05) is 35.9 Å². The van der Waals surface area contributed by atoms with Crippen LogP contribution in [0.3, 0.4) is 0 Å². The van der Waals surface area contributed by atoms with Crippen molar-refractivity contribution in [1.29, 1.82) is 0 Å². The minimum atomic E-state index is -1.20. The number of pyridine rings is 1. The predicted octanol–water partition coefficient (Wildman–Crippen LogP) is 1.57. The van der Waals surface area contributed by atoms with Gasteiger partial charge in [0.15, 0.2) is 23.6 Å². The number of hydrogen-bond acceptors (Lipinski definition) is 10. The summed E-state index contributed by atoms with van der Waals surface area (Å²) in [6, 6.07) is 5.13. The summed E-state index contributed by atoms with van der Waals surface area (Å²) in [7, 11) is 1.29. The smallest absolute Gasteiger partial charge is 0.352 e. The third-order valence-corrected chi connectivity index (χ3v) is 8.69. The second kappa shape index (κ2) is 10.3. The number of aliphatic carboxylic acids is 1. The van der Waals surface area contributed by atoms with Crippen molar-refractivity contribution in [3.63, 3.8) is 0 Å². The van der Waals surface area contributed by atoms with Crippen molar-refractivity contribution in [2.45, 2.75) is 18.0 Å². The van der Waals surface area contributed by atoms with E-state index in [0.717, 1.165) is 21.6 Å². The van der Waals surface area contributed by atoms with E-state index >= 15 is 0 Å². The predicted molar refractivity (Wildman–Crippen MR) is 141 cm³/mol. The zero-order valence-corrected chi connectivity index (χ0v) is 21.8. The summed E-state index contributed by atoms with van der Waals surface area (Å²) in [6.45, 7) is 0.553. The molecule has 37 heavy (non-hydrogen) atoms. The summed E-state index contributed by atoms with van der Waals surface area (Å²) in [5.41, 5.74) is 6.20. The lowest BCUT2D eigenvalue weighted by Gasteiger charge is -2.49. The van der Waals surface area contributed by atoms with Gasteiger partial charge in [-0.1, -0.05) is 22.6 Å². The van der Waals surface area contributed by atoms with Gasteiger partial charge in [0.05, 0.1) is 5.39 Å². The number of oxime groups is 1. The zero-order chi connectivity index (χ0) is 26.1. The highest BCUT2D eigenvalue weighted by atomic mass is 32.2. The SMILES string of the molecule is CO/N=C(\C(=O)N[C@@H]1C(=O)N2C(C(=O)O)=C(/C=C/C[n+]3cccc4ccsc43)CS[C@H]12)c1csc(N)n1. The van der Waals surface area contributed by atoms with Gasteiger partial charge in [0, 0.05) is 17.2 Å². The van der Waals surface area contributed by atoms with Gasteiger partial charge in [0.25, 0.3) is 16.6 Å². The van der Waals surface area contributed by atoms with E-state index in [0.29, 0.717) is 17.9 Å². The van der Waals surface area contributed by atoms with Gasteiger partial charge in [0.2, 0.25) is 0 Å². The van der Waals surface area contributed by atoms with E-state index in [-0.39, 0.29) is 22.2 Å². The molecular formula is C23H21N6O5S3+. The Hall–Kier alpha value is -3.75. The minimum Gasteiger partial charge on any atom is -0.477 e. The quantitative estimate of drug-likeness (QED) is 0.163. The Morgan fingerprint density at radius 3 is 2.97 bits per heavy atom. The maximum absolute atomic E-state index is 13.0. The molecule has 0 radical (unpaired) electrons. The van der Waals surface area contributed by atoms with Crippen LogP contribution in [0.15, 0.2) is 63.7 Å². The summed E-state index contributed by atoms with van der Waals surface area (Å²) >= 11 is 4.15. The minimum absolute atomic E-state index is 0.0760. The van der Waals surface area contributed by atoms with Crippen LogP contribution >= 0.6 is 34.4 Å². The second-order valence-corrected chi connectivity index (χ2v) is 10.9. The first kappa shape index (κ1) is 24.9. The van der Waals surface area contributed by atoms with E-state index < -0.39 is 29.2 Å². The molecule has 1 fully saturated rings. The van der Waals surface area contributed by atoms with Crippen LogP contribution in [0.1, 0.15) is 5.69 Å². The number of thiophene rings is 1. The zero-order valence-electron chi connectivity index (χ0n) is 19.4. The van der Waals surface area contributed by atoms with Gasteiger partial charge in [-0.25, -0.2) is 9.78 Å². The molecule has 3 aromatic heterocycles. The number of allylic oxidation sites excluding steroid dienone is 2. The topological polar surface area (TPSA) is 151 Å². The number of nitrogen functional groups attached to an aromatic ring is 1. The van der Waals surface area contributed by atoms with Gasteiger partial charge in [0.1, 0.15) is 29.9 Å². The fourth-order valence-corrected chi connectivity index (χ4v) is 6.87. The molecule has 0 aromatic carbocycles. The Morgan fingerprint density at radius 2 is 2.24 bits per heavy atom. The molecule has 0 unspecified atom stereocenters. The van der Waals surface area contributed by atoms with Crippen LogP contribution in [0.2, 0.25) is 0 Å².